The molecule has 0 bridgehead atoms. The van der Waals surface area contributed by atoms with E-state index in [1.807, 2.05) is 6.92 Å². The Morgan fingerprint density at radius 1 is 1.50 bits per heavy atom. The van der Waals surface area contributed by atoms with Crippen molar-refractivity contribution in [2.24, 2.45) is 0 Å². The van der Waals surface area contributed by atoms with Gasteiger partial charge in [0.2, 0.25) is 0 Å². The third kappa shape index (κ3) is 4.10. The summed E-state index contributed by atoms with van der Waals surface area (Å²) in [6.45, 7) is 4.14. The van der Waals surface area contributed by atoms with Crippen molar-refractivity contribution in [1.82, 2.24) is 4.98 Å². The summed E-state index contributed by atoms with van der Waals surface area (Å²) in [5, 5.41) is 12.2. The number of rotatable bonds is 6. The normalized spacial score (nSPS) is 12.2. The van der Waals surface area contributed by atoms with Gasteiger partial charge in [-0.1, -0.05) is 0 Å². The number of hydrogen-bond acceptors (Lipinski definition) is 4. The van der Waals surface area contributed by atoms with Crippen molar-refractivity contribution in [3.8, 4) is 0 Å². The first-order valence-electron chi connectivity index (χ1n) is 5.67. The summed E-state index contributed by atoms with van der Waals surface area (Å²) in [6, 6.07) is 1.75. The largest absolute Gasteiger partial charge is 0.478 e. The van der Waals surface area contributed by atoms with Crippen LogP contribution in [-0.2, 0) is 10.8 Å². The van der Waals surface area contributed by atoms with E-state index in [9.17, 15) is 9.00 Å². The Labute approximate surface area is 109 Å². The molecule has 0 aromatic carbocycles. The number of nitrogens with zero attached hydrogens (tertiary/aromatic N) is 1. The van der Waals surface area contributed by atoms with E-state index in [0.29, 0.717) is 23.7 Å². The molecule has 100 valence electrons. The zero-order valence-corrected chi connectivity index (χ0v) is 11.6. The number of anilines is 1. The first-order chi connectivity index (χ1) is 8.41. The van der Waals surface area contributed by atoms with Crippen molar-refractivity contribution in [2.75, 3.05) is 23.9 Å². The molecule has 0 saturated carbocycles. The van der Waals surface area contributed by atoms with Crippen LogP contribution in [0.25, 0.3) is 0 Å². The first-order valence-corrected chi connectivity index (χ1v) is 7.40. The number of aromatic carboxylic acids is 1. The van der Waals surface area contributed by atoms with Crippen LogP contribution in [0.3, 0.4) is 0 Å². The van der Waals surface area contributed by atoms with Gasteiger partial charge >= 0.3 is 5.97 Å². The lowest BCUT2D eigenvalue weighted by Gasteiger charge is -2.11. The molecule has 5 nitrogen and oxygen atoms in total. The van der Waals surface area contributed by atoms with Gasteiger partial charge in [-0.05, 0) is 31.9 Å². The summed E-state index contributed by atoms with van der Waals surface area (Å²) in [6.07, 6.45) is 2.37. The number of carboxylic acid groups (broad SMARTS) is 1. The lowest BCUT2D eigenvalue weighted by Crippen LogP contribution is -2.13. The molecule has 18 heavy (non-hydrogen) atoms. The van der Waals surface area contributed by atoms with Crippen molar-refractivity contribution in [2.45, 2.75) is 20.3 Å². The van der Waals surface area contributed by atoms with Crippen LogP contribution in [-0.4, -0.2) is 38.8 Å². The Kier molecular flexibility index (Phi) is 5.27. The quantitative estimate of drug-likeness (QED) is 0.767. The smallest absolute Gasteiger partial charge is 0.339 e. The lowest BCUT2D eigenvalue weighted by molar-refractivity contribution is 0.0697. The van der Waals surface area contributed by atoms with Crippen LogP contribution in [0.4, 0.5) is 5.82 Å². The van der Waals surface area contributed by atoms with E-state index >= 15 is 0 Å². The standard InChI is InChI=1S/C12H18N2O3S/c1-8-7-9(2)14-11(10(8)12(15)16)13-5-4-6-18(3)17/h7H,4-6H2,1-3H3,(H,13,14)(H,15,16). The van der Waals surface area contributed by atoms with Crippen molar-refractivity contribution >= 4 is 22.6 Å². The molecule has 0 aliphatic heterocycles. The van der Waals surface area contributed by atoms with E-state index in [2.05, 4.69) is 10.3 Å². The highest BCUT2D eigenvalue weighted by molar-refractivity contribution is 7.84. The van der Waals surface area contributed by atoms with E-state index in [1.54, 1.807) is 19.2 Å². The Hall–Kier alpha value is -1.43. The van der Waals surface area contributed by atoms with Gasteiger partial charge in [-0.25, -0.2) is 9.78 Å². The Morgan fingerprint density at radius 3 is 2.72 bits per heavy atom. The van der Waals surface area contributed by atoms with Crippen molar-refractivity contribution < 1.29 is 14.1 Å². The highest BCUT2D eigenvalue weighted by Crippen LogP contribution is 2.18. The van der Waals surface area contributed by atoms with E-state index < -0.39 is 16.8 Å². The SMILES string of the molecule is Cc1cc(C)c(C(=O)O)c(NCCCS(C)=O)n1. The zero-order valence-electron chi connectivity index (χ0n) is 10.8. The number of pyridine rings is 1. The molecule has 0 radical (unpaired) electrons. The van der Waals surface area contributed by atoms with Gasteiger partial charge in [0.05, 0.1) is 0 Å². The summed E-state index contributed by atoms with van der Waals surface area (Å²) >= 11 is 0. The first kappa shape index (κ1) is 14.6. The molecule has 1 aromatic heterocycles. The second-order valence-electron chi connectivity index (χ2n) is 4.17. The molecule has 0 saturated heterocycles. The lowest BCUT2D eigenvalue weighted by atomic mass is 10.1. The van der Waals surface area contributed by atoms with Gasteiger partial charge in [0.1, 0.15) is 11.4 Å². The Morgan fingerprint density at radius 2 is 2.17 bits per heavy atom. The molecule has 0 spiro atoms. The van der Waals surface area contributed by atoms with Crippen LogP contribution < -0.4 is 5.32 Å². The molecule has 1 rings (SSSR count). The molecule has 6 heteroatoms. The van der Waals surface area contributed by atoms with Gasteiger partial charge < -0.3 is 10.4 Å². The van der Waals surface area contributed by atoms with Crippen LogP contribution in [0.5, 0.6) is 0 Å². The molecule has 0 aliphatic rings. The second kappa shape index (κ2) is 6.49. The fourth-order valence-electron chi connectivity index (χ4n) is 1.72. The van der Waals surface area contributed by atoms with Gasteiger partial charge in [0, 0.05) is 35.0 Å². The molecule has 2 N–H and O–H groups in total. The molecule has 0 aliphatic carbocycles. The van der Waals surface area contributed by atoms with Gasteiger partial charge in [-0.15, -0.1) is 0 Å². The molecule has 1 aromatic rings. The molecular weight excluding hydrogens is 252 g/mol. The van der Waals surface area contributed by atoms with Gasteiger partial charge in [-0.3, -0.25) is 4.21 Å². The van der Waals surface area contributed by atoms with Crippen molar-refractivity contribution in [1.29, 1.82) is 0 Å². The molecule has 1 heterocycles. The fourth-order valence-corrected chi connectivity index (χ4v) is 2.27. The maximum absolute atomic E-state index is 11.2. The number of carboxylic acids is 1. The van der Waals surface area contributed by atoms with Gasteiger partial charge in [0.25, 0.3) is 0 Å². The monoisotopic (exact) mass is 270 g/mol. The van der Waals surface area contributed by atoms with Crippen LogP contribution in [0, 0.1) is 13.8 Å². The van der Waals surface area contributed by atoms with Crippen LogP contribution in [0.1, 0.15) is 28.0 Å². The van der Waals surface area contributed by atoms with Gasteiger partial charge in [0.15, 0.2) is 0 Å². The summed E-state index contributed by atoms with van der Waals surface area (Å²) in [4.78, 5) is 15.4. The maximum Gasteiger partial charge on any atom is 0.339 e. The molecule has 0 amide bonds. The van der Waals surface area contributed by atoms with Gasteiger partial charge in [-0.2, -0.15) is 0 Å². The zero-order chi connectivity index (χ0) is 13.7. The van der Waals surface area contributed by atoms with Crippen molar-refractivity contribution in [3.05, 3.63) is 22.9 Å². The minimum atomic E-state index is -0.985. The second-order valence-corrected chi connectivity index (χ2v) is 5.72. The molecule has 1 unspecified atom stereocenters. The third-order valence-electron chi connectivity index (χ3n) is 2.46. The summed E-state index contributed by atoms with van der Waals surface area (Å²) in [5.74, 6) is 0.00340. The minimum Gasteiger partial charge on any atom is -0.478 e. The van der Waals surface area contributed by atoms with Crippen LogP contribution in [0.15, 0.2) is 6.07 Å². The number of nitrogens with one attached hydrogen (secondary N) is 1. The number of hydrogen-bond donors (Lipinski definition) is 2. The van der Waals surface area contributed by atoms with E-state index in [-0.39, 0.29) is 5.56 Å². The summed E-state index contributed by atoms with van der Waals surface area (Å²) in [5.41, 5.74) is 1.67. The topological polar surface area (TPSA) is 79.3 Å². The predicted octanol–water partition coefficient (Wildman–Crippen LogP) is 1.58. The predicted molar refractivity (Wildman–Crippen MR) is 72.7 cm³/mol. The fraction of sp³-hybridized carbons (Fsp3) is 0.500. The molecule has 0 fully saturated rings. The summed E-state index contributed by atoms with van der Waals surface area (Å²) in [7, 11) is -0.823. The third-order valence-corrected chi connectivity index (χ3v) is 3.32. The number of aryl methyl sites for hydroxylation is 2. The number of aromatic nitrogens is 1. The average molecular weight is 270 g/mol. The highest BCUT2D eigenvalue weighted by atomic mass is 32.2. The average Bonchev–Trinajstić information content (AvgIpc) is 2.22. The van der Waals surface area contributed by atoms with E-state index in [4.69, 9.17) is 5.11 Å². The molecule has 1 atom stereocenters. The van der Waals surface area contributed by atoms with Crippen LogP contribution >= 0.6 is 0 Å². The Balaban J connectivity index is 2.80. The number of carbonyl (C=O) groups is 1. The van der Waals surface area contributed by atoms with E-state index in [1.165, 1.54) is 0 Å². The van der Waals surface area contributed by atoms with Crippen molar-refractivity contribution in [3.63, 3.8) is 0 Å². The molecular formula is C12H18N2O3S. The highest BCUT2D eigenvalue weighted by Gasteiger charge is 2.15. The van der Waals surface area contributed by atoms with Crippen LogP contribution in [0.2, 0.25) is 0 Å². The Bertz CT molecular complexity index is 475. The summed E-state index contributed by atoms with van der Waals surface area (Å²) < 4.78 is 10.9. The van der Waals surface area contributed by atoms with E-state index in [0.717, 1.165) is 12.1 Å². The minimum absolute atomic E-state index is 0.207. The maximum atomic E-state index is 11.2.